The molecule has 1 aromatic rings. The van der Waals surface area contributed by atoms with Crippen molar-refractivity contribution in [2.45, 2.75) is 13.3 Å². The lowest BCUT2D eigenvalue weighted by Gasteiger charge is -2.15. The van der Waals surface area contributed by atoms with Gasteiger partial charge in [-0.25, -0.2) is 0 Å². The van der Waals surface area contributed by atoms with Gasteiger partial charge in [0.1, 0.15) is 5.75 Å². The topological polar surface area (TPSA) is 36.5 Å². The second-order valence-electron chi connectivity index (χ2n) is 4.74. The van der Waals surface area contributed by atoms with Crippen LogP contribution in [-0.2, 0) is 0 Å². The molecule has 1 rings (SSSR count). The average Bonchev–Trinajstić information content (AvgIpc) is 2.35. The first-order valence-corrected chi connectivity index (χ1v) is 6.78. The summed E-state index contributed by atoms with van der Waals surface area (Å²) in [5.74, 6) is 0.794. The molecule has 0 aromatic heterocycles. The maximum atomic E-state index is 5.30. The number of nitrogens with one attached hydrogen (secondary N) is 2. The highest BCUT2D eigenvalue weighted by atomic mass is 32.1. The van der Waals surface area contributed by atoms with Crippen LogP contribution in [0.15, 0.2) is 18.2 Å². The lowest BCUT2D eigenvalue weighted by atomic mass is 10.2. The van der Waals surface area contributed by atoms with Gasteiger partial charge in [-0.2, -0.15) is 0 Å². The monoisotopic (exact) mass is 281 g/mol. The smallest absolute Gasteiger partial charge is 0.170 e. The van der Waals surface area contributed by atoms with Gasteiger partial charge < -0.3 is 20.3 Å². The number of hydrogen-bond acceptors (Lipinski definition) is 3. The van der Waals surface area contributed by atoms with E-state index in [1.807, 2.05) is 25.1 Å². The molecule has 0 amide bonds. The Hall–Kier alpha value is -1.33. The largest absolute Gasteiger partial charge is 0.495 e. The van der Waals surface area contributed by atoms with Crippen molar-refractivity contribution in [3.05, 3.63) is 23.8 Å². The van der Waals surface area contributed by atoms with Crippen LogP contribution in [0.3, 0.4) is 0 Å². The van der Waals surface area contributed by atoms with Crippen LogP contribution in [0.2, 0.25) is 0 Å². The molecule has 0 saturated carbocycles. The third-order valence-corrected chi connectivity index (χ3v) is 2.92. The number of thiocarbonyl (C=S) groups is 1. The second kappa shape index (κ2) is 7.96. The van der Waals surface area contributed by atoms with Gasteiger partial charge in [-0.1, -0.05) is 6.07 Å². The predicted octanol–water partition coefficient (Wildman–Crippen LogP) is 2.24. The highest BCUT2D eigenvalue weighted by molar-refractivity contribution is 7.80. The molecule has 0 saturated heterocycles. The van der Waals surface area contributed by atoms with Crippen LogP contribution < -0.4 is 15.4 Å². The predicted molar refractivity (Wildman–Crippen MR) is 85.1 cm³/mol. The first kappa shape index (κ1) is 15.7. The van der Waals surface area contributed by atoms with Gasteiger partial charge in [0.05, 0.1) is 12.8 Å². The van der Waals surface area contributed by atoms with Crippen LogP contribution in [0.4, 0.5) is 5.69 Å². The summed E-state index contributed by atoms with van der Waals surface area (Å²) < 4.78 is 5.30. The highest BCUT2D eigenvalue weighted by Crippen LogP contribution is 2.24. The average molecular weight is 281 g/mol. The fraction of sp³-hybridized carbons (Fsp3) is 0.500. The summed E-state index contributed by atoms with van der Waals surface area (Å²) in [6, 6.07) is 5.97. The summed E-state index contributed by atoms with van der Waals surface area (Å²) in [6.45, 7) is 3.94. The van der Waals surface area contributed by atoms with Crippen molar-refractivity contribution in [1.29, 1.82) is 0 Å². The van der Waals surface area contributed by atoms with E-state index in [0.717, 1.165) is 30.9 Å². The molecule has 2 N–H and O–H groups in total. The zero-order chi connectivity index (χ0) is 14.3. The molecular formula is C14H23N3OS. The minimum Gasteiger partial charge on any atom is -0.495 e. The van der Waals surface area contributed by atoms with Crippen molar-refractivity contribution in [3.63, 3.8) is 0 Å². The third-order valence-electron chi connectivity index (χ3n) is 2.67. The van der Waals surface area contributed by atoms with Crippen molar-refractivity contribution in [2.75, 3.05) is 39.6 Å². The van der Waals surface area contributed by atoms with E-state index in [9.17, 15) is 0 Å². The standard InChI is InChI=1S/C14H23N3OS/c1-11-6-7-13(18-4)12(10-11)16-14(19)15-8-5-9-17(2)3/h6-7,10H,5,8-9H2,1-4H3,(H2,15,16,19). The van der Waals surface area contributed by atoms with E-state index < -0.39 is 0 Å². The number of rotatable bonds is 6. The van der Waals surface area contributed by atoms with Gasteiger partial charge in [0.2, 0.25) is 0 Å². The van der Waals surface area contributed by atoms with Crippen LogP contribution >= 0.6 is 12.2 Å². The summed E-state index contributed by atoms with van der Waals surface area (Å²) in [5.41, 5.74) is 2.06. The number of anilines is 1. The summed E-state index contributed by atoms with van der Waals surface area (Å²) in [6.07, 6.45) is 1.06. The van der Waals surface area contributed by atoms with Crippen molar-refractivity contribution in [1.82, 2.24) is 10.2 Å². The molecule has 0 radical (unpaired) electrons. The molecule has 5 heteroatoms. The van der Waals surface area contributed by atoms with E-state index in [0.29, 0.717) is 5.11 Å². The summed E-state index contributed by atoms with van der Waals surface area (Å²) in [7, 11) is 5.78. The number of benzene rings is 1. The Kier molecular flexibility index (Phi) is 6.59. The van der Waals surface area contributed by atoms with Crippen molar-refractivity contribution in [3.8, 4) is 5.75 Å². The maximum absolute atomic E-state index is 5.30. The van der Waals surface area contributed by atoms with E-state index in [4.69, 9.17) is 17.0 Å². The number of ether oxygens (including phenoxy) is 1. The van der Waals surface area contributed by atoms with E-state index in [1.165, 1.54) is 5.56 Å². The molecular weight excluding hydrogens is 258 g/mol. The van der Waals surface area contributed by atoms with Gasteiger partial charge in [0.15, 0.2) is 5.11 Å². The Bertz CT molecular complexity index is 421. The Labute approximate surface area is 121 Å². The first-order chi connectivity index (χ1) is 9.02. The van der Waals surface area contributed by atoms with Gasteiger partial charge in [-0.3, -0.25) is 0 Å². The fourth-order valence-electron chi connectivity index (χ4n) is 1.68. The van der Waals surface area contributed by atoms with Crippen molar-refractivity contribution >= 4 is 23.0 Å². The Morgan fingerprint density at radius 2 is 2.11 bits per heavy atom. The SMILES string of the molecule is COc1ccc(C)cc1NC(=S)NCCCN(C)C. The molecule has 1 aromatic carbocycles. The molecule has 4 nitrogen and oxygen atoms in total. The molecule has 0 fully saturated rings. The number of methoxy groups -OCH3 is 1. The molecule has 19 heavy (non-hydrogen) atoms. The van der Waals surface area contributed by atoms with Gasteiger partial charge in [-0.15, -0.1) is 0 Å². The summed E-state index contributed by atoms with van der Waals surface area (Å²) >= 11 is 5.27. The zero-order valence-corrected chi connectivity index (χ0v) is 12.9. The van der Waals surface area contributed by atoms with Crippen LogP contribution in [0.25, 0.3) is 0 Å². The number of nitrogens with zero attached hydrogens (tertiary/aromatic N) is 1. The van der Waals surface area contributed by atoms with Crippen LogP contribution in [0.5, 0.6) is 5.75 Å². The lowest BCUT2D eigenvalue weighted by Crippen LogP contribution is -2.31. The van der Waals surface area contributed by atoms with Gasteiger partial charge >= 0.3 is 0 Å². The second-order valence-corrected chi connectivity index (χ2v) is 5.15. The Morgan fingerprint density at radius 3 is 2.74 bits per heavy atom. The molecule has 0 heterocycles. The van der Waals surface area contributed by atoms with Crippen LogP contribution in [0.1, 0.15) is 12.0 Å². The normalized spacial score (nSPS) is 10.4. The van der Waals surface area contributed by atoms with Gasteiger partial charge in [0.25, 0.3) is 0 Å². The van der Waals surface area contributed by atoms with E-state index in [2.05, 4.69) is 29.6 Å². The summed E-state index contributed by atoms with van der Waals surface area (Å²) in [5, 5.41) is 6.99. The molecule has 0 unspecified atom stereocenters. The highest BCUT2D eigenvalue weighted by Gasteiger charge is 2.04. The molecule has 0 aliphatic heterocycles. The minimum atomic E-state index is 0.627. The Morgan fingerprint density at radius 1 is 1.37 bits per heavy atom. The van der Waals surface area contributed by atoms with E-state index >= 15 is 0 Å². The van der Waals surface area contributed by atoms with Gasteiger partial charge in [-0.05, 0) is 63.9 Å². The van der Waals surface area contributed by atoms with E-state index in [-0.39, 0.29) is 0 Å². The minimum absolute atomic E-state index is 0.627. The van der Waals surface area contributed by atoms with Crippen LogP contribution in [-0.4, -0.2) is 44.3 Å². The molecule has 0 atom stereocenters. The molecule has 0 aliphatic rings. The molecule has 0 bridgehead atoms. The molecule has 106 valence electrons. The maximum Gasteiger partial charge on any atom is 0.170 e. The number of hydrogen-bond donors (Lipinski definition) is 2. The first-order valence-electron chi connectivity index (χ1n) is 6.37. The quantitative estimate of drug-likeness (QED) is 0.618. The lowest BCUT2D eigenvalue weighted by molar-refractivity contribution is 0.400. The number of aryl methyl sites for hydroxylation is 1. The Balaban J connectivity index is 2.45. The molecule has 0 aliphatic carbocycles. The third kappa shape index (κ3) is 5.89. The fourth-order valence-corrected chi connectivity index (χ4v) is 1.90. The van der Waals surface area contributed by atoms with Crippen LogP contribution in [0, 0.1) is 6.92 Å². The molecule has 0 spiro atoms. The van der Waals surface area contributed by atoms with Crippen molar-refractivity contribution in [2.24, 2.45) is 0 Å². The summed E-state index contributed by atoms with van der Waals surface area (Å²) in [4.78, 5) is 2.15. The zero-order valence-electron chi connectivity index (χ0n) is 12.1. The van der Waals surface area contributed by atoms with E-state index in [1.54, 1.807) is 7.11 Å². The van der Waals surface area contributed by atoms with Crippen molar-refractivity contribution < 1.29 is 4.74 Å². The van der Waals surface area contributed by atoms with Gasteiger partial charge in [0, 0.05) is 6.54 Å².